The van der Waals surface area contributed by atoms with Gasteiger partial charge in [-0.3, -0.25) is 0 Å². The average Bonchev–Trinajstić information content (AvgIpc) is 2.93. The van der Waals surface area contributed by atoms with E-state index in [0.29, 0.717) is 17.8 Å². The van der Waals surface area contributed by atoms with Gasteiger partial charge in [-0.15, -0.1) is 0 Å². The third kappa shape index (κ3) is 2.22. The topological polar surface area (TPSA) is 37.9 Å². The molecule has 1 fully saturated rings. The Morgan fingerprint density at radius 3 is 3.06 bits per heavy atom. The van der Waals surface area contributed by atoms with Crippen LogP contribution in [-0.2, 0) is 11.2 Å². The summed E-state index contributed by atoms with van der Waals surface area (Å²) in [6, 6.07) is 2.12. The van der Waals surface area contributed by atoms with Crippen LogP contribution in [0.2, 0.25) is 0 Å². The molecular formula is C13H14F2N2O. The lowest BCUT2D eigenvalue weighted by atomic mass is 10.1. The van der Waals surface area contributed by atoms with E-state index in [0.717, 1.165) is 31.9 Å². The molecule has 0 spiro atoms. The number of aromatic amines is 1. The Morgan fingerprint density at radius 1 is 1.39 bits per heavy atom. The summed E-state index contributed by atoms with van der Waals surface area (Å²) in [5.74, 6) is -0.524. The maximum Gasteiger partial charge on any atom is 0.153 e. The average molecular weight is 252 g/mol. The molecule has 1 aliphatic rings. The summed E-state index contributed by atoms with van der Waals surface area (Å²) in [6.45, 7) is 0.824. The zero-order valence-corrected chi connectivity index (χ0v) is 9.88. The minimum absolute atomic E-state index is 0.207. The molecule has 5 heteroatoms. The first-order valence-electron chi connectivity index (χ1n) is 6.17. The van der Waals surface area contributed by atoms with Gasteiger partial charge in [-0.1, -0.05) is 0 Å². The molecule has 0 aliphatic carbocycles. The Labute approximate surface area is 103 Å². The molecule has 1 aromatic heterocycles. The van der Waals surface area contributed by atoms with Crippen molar-refractivity contribution in [2.24, 2.45) is 0 Å². The minimum Gasteiger partial charge on any atom is -0.378 e. The quantitative estimate of drug-likeness (QED) is 0.912. The summed E-state index contributed by atoms with van der Waals surface area (Å²) < 4.78 is 32.0. The highest BCUT2D eigenvalue weighted by molar-refractivity contribution is 5.75. The molecule has 3 rings (SSSR count). The number of hydrogen-bond donors (Lipinski definition) is 1. The van der Waals surface area contributed by atoms with E-state index < -0.39 is 11.6 Å². The highest BCUT2D eigenvalue weighted by atomic mass is 19.1. The van der Waals surface area contributed by atoms with E-state index in [-0.39, 0.29) is 11.6 Å². The summed E-state index contributed by atoms with van der Waals surface area (Å²) >= 11 is 0. The summed E-state index contributed by atoms with van der Waals surface area (Å²) in [7, 11) is 0. The Morgan fingerprint density at radius 2 is 2.28 bits per heavy atom. The molecule has 0 amide bonds. The van der Waals surface area contributed by atoms with Gasteiger partial charge in [0, 0.05) is 19.1 Å². The van der Waals surface area contributed by atoms with E-state index in [1.807, 2.05) is 0 Å². The first-order chi connectivity index (χ1) is 8.72. The summed E-state index contributed by atoms with van der Waals surface area (Å²) in [4.78, 5) is 7.12. The molecule has 0 radical (unpaired) electrons. The number of fused-ring (bicyclic) bond motifs is 1. The van der Waals surface area contributed by atoms with E-state index in [1.165, 1.54) is 6.07 Å². The Bertz CT molecular complexity index is 561. The fourth-order valence-electron chi connectivity index (χ4n) is 2.38. The number of ether oxygens (including phenoxy) is 1. The van der Waals surface area contributed by atoms with Gasteiger partial charge in [-0.2, -0.15) is 0 Å². The van der Waals surface area contributed by atoms with Gasteiger partial charge in [0.1, 0.15) is 17.2 Å². The molecule has 1 atom stereocenters. The molecule has 0 bridgehead atoms. The van der Waals surface area contributed by atoms with Crippen molar-refractivity contribution in [2.75, 3.05) is 6.61 Å². The molecule has 3 nitrogen and oxygen atoms in total. The van der Waals surface area contributed by atoms with Crippen molar-refractivity contribution in [1.82, 2.24) is 9.97 Å². The number of H-pyrrole nitrogens is 1. The largest absolute Gasteiger partial charge is 0.378 e. The number of aryl methyl sites for hydroxylation is 1. The highest BCUT2D eigenvalue weighted by Crippen LogP contribution is 2.20. The number of benzene rings is 1. The molecule has 96 valence electrons. The number of hydrogen-bond acceptors (Lipinski definition) is 2. The maximum atomic E-state index is 13.5. The van der Waals surface area contributed by atoms with Gasteiger partial charge in [0.05, 0.1) is 11.6 Å². The molecule has 2 aromatic rings. The van der Waals surface area contributed by atoms with Crippen molar-refractivity contribution in [1.29, 1.82) is 0 Å². The van der Waals surface area contributed by atoms with E-state index in [1.54, 1.807) is 0 Å². The smallest absolute Gasteiger partial charge is 0.153 e. The van der Waals surface area contributed by atoms with E-state index in [4.69, 9.17) is 4.74 Å². The second kappa shape index (κ2) is 4.65. The molecule has 2 heterocycles. The summed E-state index contributed by atoms with van der Waals surface area (Å²) in [6.07, 6.45) is 4.01. The molecule has 1 aliphatic heterocycles. The van der Waals surface area contributed by atoms with Crippen LogP contribution in [0.3, 0.4) is 0 Å². The fraction of sp³-hybridized carbons (Fsp3) is 0.462. The third-order valence-corrected chi connectivity index (χ3v) is 3.28. The van der Waals surface area contributed by atoms with E-state index in [2.05, 4.69) is 9.97 Å². The number of imidazole rings is 1. The first-order valence-corrected chi connectivity index (χ1v) is 6.17. The van der Waals surface area contributed by atoms with Crippen LogP contribution in [0, 0.1) is 11.6 Å². The standard InChI is InChI=1S/C13H14F2N2O/c14-8-6-10(15)13-11(7-8)16-12(17-13)4-3-9-2-1-5-18-9/h6-7,9H,1-5H2,(H,16,17). The van der Waals surface area contributed by atoms with Crippen LogP contribution in [0.5, 0.6) is 0 Å². The van der Waals surface area contributed by atoms with Crippen LogP contribution >= 0.6 is 0 Å². The molecule has 1 aromatic carbocycles. The molecule has 0 saturated carbocycles. The highest BCUT2D eigenvalue weighted by Gasteiger charge is 2.16. The summed E-state index contributed by atoms with van der Waals surface area (Å²) in [5.41, 5.74) is 0.619. The molecule has 1 saturated heterocycles. The lowest BCUT2D eigenvalue weighted by Gasteiger charge is -2.06. The Kier molecular flexibility index (Phi) is 2.99. The number of nitrogens with one attached hydrogen (secondary N) is 1. The van der Waals surface area contributed by atoms with E-state index >= 15 is 0 Å². The van der Waals surface area contributed by atoms with Crippen molar-refractivity contribution in [3.8, 4) is 0 Å². The normalized spacial score (nSPS) is 19.8. The van der Waals surface area contributed by atoms with Gasteiger partial charge in [-0.25, -0.2) is 13.8 Å². The first kappa shape index (κ1) is 11.6. The van der Waals surface area contributed by atoms with E-state index in [9.17, 15) is 8.78 Å². The Balaban J connectivity index is 1.78. The maximum absolute atomic E-state index is 13.5. The zero-order valence-electron chi connectivity index (χ0n) is 9.88. The van der Waals surface area contributed by atoms with Crippen molar-refractivity contribution in [2.45, 2.75) is 31.8 Å². The van der Waals surface area contributed by atoms with Gasteiger partial charge < -0.3 is 9.72 Å². The fourth-order valence-corrected chi connectivity index (χ4v) is 2.38. The molecule has 1 unspecified atom stereocenters. The molecule has 18 heavy (non-hydrogen) atoms. The number of aromatic nitrogens is 2. The lowest BCUT2D eigenvalue weighted by Crippen LogP contribution is -2.06. The van der Waals surface area contributed by atoms with Crippen molar-refractivity contribution < 1.29 is 13.5 Å². The van der Waals surface area contributed by atoms with Crippen LogP contribution in [-0.4, -0.2) is 22.7 Å². The van der Waals surface area contributed by atoms with Gasteiger partial charge in [0.15, 0.2) is 5.82 Å². The van der Waals surface area contributed by atoms with Crippen LogP contribution < -0.4 is 0 Å². The zero-order chi connectivity index (χ0) is 12.5. The summed E-state index contributed by atoms with van der Waals surface area (Å²) in [5, 5.41) is 0. The van der Waals surface area contributed by atoms with Crippen LogP contribution in [0.15, 0.2) is 12.1 Å². The second-order valence-electron chi connectivity index (χ2n) is 4.64. The van der Waals surface area contributed by atoms with Gasteiger partial charge in [0.25, 0.3) is 0 Å². The van der Waals surface area contributed by atoms with Crippen molar-refractivity contribution in [3.63, 3.8) is 0 Å². The monoisotopic (exact) mass is 252 g/mol. The van der Waals surface area contributed by atoms with Gasteiger partial charge >= 0.3 is 0 Å². The third-order valence-electron chi connectivity index (χ3n) is 3.28. The van der Waals surface area contributed by atoms with Crippen LogP contribution in [0.1, 0.15) is 25.1 Å². The van der Waals surface area contributed by atoms with Crippen LogP contribution in [0.4, 0.5) is 8.78 Å². The minimum atomic E-state index is -0.621. The van der Waals surface area contributed by atoms with Gasteiger partial charge in [0.2, 0.25) is 0 Å². The Hall–Kier alpha value is -1.49. The SMILES string of the molecule is Fc1cc(F)c2nc(CCC3CCCO3)[nH]c2c1. The predicted octanol–water partition coefficient (Wildman–Crippen LogP) is 2.95. The van der Waals surface area contributed by atoms with Crippen molar-refractivity contribution in [3.05, 3.63) is 29.6 Å². The van der Waals surface area contributed by atoms with Gasteiger partial charge in [-0.05, 0) is 25.3 Å². The number of nitrogens with zero attached hydrogens (tertiary/aromatic N) is 1. The molecule has 1 N–H and O–H groups in total. The van der Waals surface area contributed by atoms with Crippen molar-refractivity contribution >= 4 is 11.0 Å². The lowest BCUT2D eigenvalue weighted by molar-refractivity contribution is 0.104. The van der Waals surface area contributed by atoms with Crippen LogP contribution in [0.25, 0.3) is 11.0 Å². The predicted molar refractivity (Wildman–Crippen MR) is 63.3 cm³/mol. The molecular weight excluding hydrogens is 238 g/mol. The second-order valence-corrected chi connectivity index (χ2v) is 4.64. The number of halogens is 2. The number of rotatable bonds is 3.